The molecule has 0 saturated heterocycles. The fourth-order valence-corrected chi connectivity index (χ4v) is 13.3. The highest BCUT2D eigenvalue weighted by Crippen LogP contribution is 2.44. The molecule has 3 heterocycles. The summed E-state index contributed by atoms with van der Waals surface area (Å²) in [5.41, 5.74) is 50.5. The van der Waals surface area contributed by atoms with Crippen LogP contribution in [0.2, 0.25) is 0 Å². The van der Waals surface area contributed by atoms with Gasteiger partial charge in [-0.15, -0.1) is 0 Å². The highest BCUT2D eigenvalue weighted by atomic mass is 14.7. The van der Waals surface area contributed by atoms with Crippen LogP contribution in [0.1, 0.15) is 145 Å². The third kappa shape index (κ3) is 10.2. The van der Waals surface area contributed by atoms with Crippen molar-refractivity contribution < 1.29 is 0 Å². The molecule has 0 saturated carbocycles. The Labute approximate surface area is 483 Å². The molecule has 0 bridgehead atoms. The molecule has 0 aliphatic heterocycles. The second-order valence-corrected chi connectivity index (χ2v) is 24.2. The summed E-state index contributed by atoms with van der Waals surface area (Å²) in [6.45, 7) is 35.3. The van der Waals surface area contributed by atoms with Crippen molar-refractivity contribution in [2.75, 3.05) is 0 Å². The molecule has 5 aliphatic rings. The van der Waals surface area contributed by atoms with Crippen molar-refractivity contribution in [3.63, 3.8) is 0 Å². The Morgan fingerprint density at radius 2 is 0.654 bits per heavy atom. The molecule has 0 unspecified atom stereocenters. The number of aromatic nitrogens is 3. The summed E-state index contributed by atoms with van der Waals surface area (Å²) in [6, 6.07) is 40.4. The standard InChI is InChI=1S/2C17H18.2C15H15N.C14H13N/c1-10-5-13(4)15-9-14-7-11(2)12(3)8-16(14)17(15)6-10;1-10-5-6-15-16(13(10)4)9-14-7-11(2)12(3)8-17(14)15;1-9-7-12-8-14-13(5-4-6-16-14)15(12)11(3)10(9)2;1-9-7-14-12-5-4-6-16-15(12)8-13(14)11(3)10(9)2;1-9-6-11-8-14-12(4-3-5-15-14)13(11)7-10(9)2/h2*5-8H,9H2,1-4H3;2*4-7H,8H2,1-3H3;3-7H,8H2,1-2H3. The number of nitrogens with zero attached hydrogens (tertiary/aromatic N) is 3. The van der Waals surface area contributed by atoms with E-state index in [1.807, 2.05) is 36.8 Å². The topological polar surface area (TPSA) is 38.7 Å². The molecule has 10 aromatic rings. The molecule has 5 aliphatic carbocycles. The molecule has 0 fully saturated rings. The fourth-order valence-electron chi connectivity index (χ4n) is 13.3. The molecule has 0 spiro atoms. The zero-order chi connectivity index (χ0) is 57.3. The Balaban J connectivity index is 0.000000107. The number of hydrogen-bond donors (Lipinski definition) is 0. The minimum absolute atomic E-state index is 0.993. The maximum Gasteiger partial charge on any atom is 0.0526 e. The molecule has 0 N–H and O–H groups in total. The van der Waals surface area contributed by atoms with E-state index in [-0.39, 0.29) is 0 Å². The van der Waals surface area contributed by atoms with Gasteiger partial charge in [0, 0.05) is 54.5 Å². The van der Waals surface area contributed by atoms with Gasteiger partial charge in [-0.3, -0.25) is 15.0 Å². The molecule has 3 nitrogen and oxygen atoms in total. The molecule has 3 aromatic heterocycles. The van der Waals surface area contributed by atoms with Crippen molar-refractivity contribution in [2.24, 2.45) is 0 Å². The average Bonchev–Trinajstić information content (AvgIpc) is 4.40. The van der Waals surface area contributed by atoms with Crippen LogP contribution in [-0.4, -0.2) is 15.0 Å². The largest absolute Gasteiger partial charge is 0.260 e. The van der Waals surface area contributed by atoms with Crippen LogP contribution in [0.5, 0.6) is 0 Å². The maximum atomic E-state index is 4.47. The van der Waals surface area contributed by atoms with E-state index in [2.05, 4.69) is 217 Å². The normalized spacial score (nSPS) is 12.4. The minimum atomic E-state index is 0.993. The molecule has 0 atom stereocenters. The third-order valence-corrected chi connectivity index (χ3v) is 19.1. The van der Waals surface area contributed by atoms with Crippen LogP contribution in [0, 0.1) is 111 Å². The second kappa shape index (κ2) is 21.8. The van der Waals surface area contributed by atoms with E-state index in [0.717, 1.165) is 32.1 Å². The van der Waals surface area contributed by atoms with Crippen molar-refractivity contribution in [1.29, 1.82) is 0 Å². The van der Waals surface area contributed by atoms with E-state index in [9.17, 15) is 0 Å². The predicted molar refractivity (Wildman–Crippen MR) is 343 cm³/mol. The first-order valence-electron chi connectivity index (χ1n) is 29.3. The highest BCUT2D eigenvalue weighted by Gasteiger charge is 2.26. The first-order chi connectivity index (χ1) is 38.8. The summed E-state index contributed by atoms with van der Waals surface area (Å²) >= 11 is 0. The summed E-state index contributed by atoms with van der Waals surface area (Å²) < 4.78 is 0. The van der Waals surface area contributed by atoms with Crippen LogP contribution in [0.3, 0.4) is 0 Å². The lowest BCUT2D eigenvalue weighted by atomic mass is 9.93. The Morgan fingerprint density at radius 3 is 1.26 bits per heavy atom. The van der Waals surface area contributed by atoms with Gasteiger partial charge in [0.15, 0.2) is 0 Å². The van der Waals surface area contributed by atoms with Crippen molar-refractivity contribution >= 4 is 0 Å². The van der Waals surface area contributed by atoms with E-state index < -0.39 is 0 Å². The Morgan fingerprint density at radius 1 is 0.247 bits per heavy atom. The maximum absolute atomic E-state index is 4.47. The number of fused-ring (bicyclic) bond motifs is 15. The molecule has 81 heavy (non-hydrogen) atoms. The van der Waals surface area contributed by atoms with Gasteiger partial charge in [-0.05, 0) is 303 Å². The molecule has 15 rings (SSSR count). The first-order valence-corrected chi connectivity index (χ1v) is 29.3. The lowest BCUT2D eigenvalue weighted by molar-refractivity contribution is 1.10. The first kappa shape index (κ1) is 54.9. The number of rotatable bonds is 0. The van der Waals surface area contributed by atoms with Crippen molar-refractivity contribution in [2.45, 2.75) is 143 Å². The number of hydrogen-bond acceptors (Lipinski definition) is 3. The molecular formula is C78H79N3. The third-order valence-electron chi connectivity index (χ3n) is 19.1. The molecule has 406 valence electrons. The summed E-state index contributed by atoms with van der Waals surface area (Å²) in [5.74, 6) is 0. The summed E-state index contributed by atoms with van der Waals surface area (Å²) in [4.78, 5) is 13.4. The lowest BCUT2D eigenvalue weighted by Crippen LogP contribution is -1.93. The SMILES string of the molecule is Cc1cc(C)c2c(c1)-c1cc(C)c(C)cc1C2.Cc1cc2c(c(C)c1C)-c1cccnc1C2.Cc1cc2c(c(C)c1C)Cc1ncccc1-2.Cc1cc2c(cc1C)-c1ccc(C)c(C)c1C2.Cc1cc2c(cc1C)-c1cccnc1C2. The van der Waals surface area contributed by atoms with Gasteiger partial charge in [-0.25, -0.2) is 0 Å². The number of pyridine rings is 3. The monoisotopic (exact) mass is 1060 g/mol. The van der Waals surface area contributed by atoms with E-state index >= 15 is 0 Å². The van der Waals surface area contributed by atoms with E-state index in [1.54, 1.807) is 0 Å². The fraction of sp³-hybridized carbons (Fsp3) is 0.269. The Bertz CT molecular complexity index is 4200. The van der Waals surface area contributed by atoms with Crippen LogP contribution in [-0.2, 0) is 32.1 Å². The van der Waals surface area contributed by atoms with Gasteiger partial charge in [-0.1, -0.05) is 96.6 Å². The van der Waals surface area contributed by atoms with Gasteiger partial charge in [-0.2, -0.15) is 0 Å². The van der Waals surface area contributed by atoms with Crippen molar-refractivity contribution in [3.05, 3.63) is 273 Å². The van der Waals surface area contributed by atoms with E-state index in [0.29, 0.717) is 0 Å². The van der Waals surface area contributed by atoms with Crippen LogP contribution in [0.25, 0.3) is 55.6 Å². The van der Waals surface area contributed by atoms with Crippen molar-refractivity contribution in [3.8, 4) is 55.6 Å². The summed E-state index contributed by atoms with van der Waals surface area (Å²) in [5, 5.41) is 0. The van der Waals surface area contributed by atoms with Crippen LogP contribution in [0.15, 0.2) is 128 Å². The van der Waals surface area contributed by atoms with Crippen LogP contribution < -0.4 is 0 Å². The minimum Gasteiger partial charge on any atom is -0.260 e. The summed E-state index contributed by atoms with van der Waals surface area (Å²) in [6.07, 6.45) is 10.9. The van der Waals surface area contributed by atoms with E-state index in [1.165, 1.54) is 201 Å². The molecule has 7 aromatic carbocycles. The molecule has 0 radical (unpaired) electrons. The van der Waals surface area contributed by atoms with E-state index in [4.69, 9.17) is 0 Å². The summed E-state index contributed by atoms with van der Waals surface area (Å²) in [7, 11) is 0. The zero-order valence-electron chi connectivity index (χ0n) is 51.0. The molecule has 0 amide bonds. The second-order valence-electron chi connectivity index (χ2n) is 24.2. The van der Waals surface area contributed by atoms with Gasteiger partial charge >= 0.3 is 0 Å². The predicted octanol–water partition coefficient (Wildman–Crippen LogP) is 19.4. The highest BCUT2D eigenvalue weighted by molar-refractivity contribution is 5.83. The number of benzene rings is 7. The molecular weight excluding hydrogens is 979 g/mol. The van der Waals surface area contributed by atoms with Gasteiger partial charge in [0.1, 0.15) is 0 Å². The number of aryl methyl sites for hydroxylation is 11. The zero-order valence-corrected chi connectivity index (χ0v) is 51.0. The average molecular weight is 1060 g/mol. The lowest BCUT2D eigenvalue weighted by Gasteiger charge is -2.11. The Kier molecular flexibility index (Phi) is 14.8. The van der Waals surface area contributed by atoms with Gasteiger partial charge in [0.05, 0.1) is 17.1 Å². The van der Waals surface area contributed by atoms with Gasteiger partial charge in [0.2, 0.25) is 0 Å². The quantitative estimate of drug-likeness (QED) is 0.152. The Hall–Kier alpha value is -8.01. The van der Waals surface area contributed by atoms with Crippen LogP contribution >= 0.6 is 0 Å². The van der Waals surface area contributed by atoms with Crippen LogP contribution in [0.4, 0.5) is 0 Å². The van der Waals surface area contributed by atoms with Gasteiger partial charge in [0.25, 0.3) is 0 Å². The smallest absolute Gasteiger partial charge is 0.0526 e. The van der Waals surface area contributed by atoms with Crippen molar-refractivity contribution in [1.82, 2.24) is 15.0 Å². The van der Waals surface area contributed by atoms with Gasteiger partial charge < -0.3 is 0 Å². The molecule has 3 heteroatoms.